The Morgan fingerprint density at radius 1 is 1.08 bits per heavy atom. The summed E-state index contributed by atoms with van der Waals surface area (Å²) in [6.07, 6.45) is 10.9. The predicted molar refractivity (Wildman–Crippen MR) is 147 cm³/mol. The Bertz CT molecular complexity index is 1130. The monoisotopic (exact) mass is 519 g/mol. The highest BCUT2D eigenvalue weighted by Crippen LogP contribution is 2.60. The normalized spacial score (nSPS) is 30.7. The van der Waals surface area contributed by atoms with Crippen LogP contribution in [-0.4, -0.2) is 42.2 Å². The van der Waals surface area contributed by atoms with Gasteiger partial charge >= 0.3 is 0 Å². The van der Waals surface area contributed by atoms with Crippen molar-refractivity contribution in [3.8, 4) is 6.07 Å². The molecule has 1 aromatic carbocycles. The molecule has 4 aliphatic carbocycles. The van der Waals surface area contributed by atoms with Gasteiger partial charge in [0.05, 0.1) is 6.20 Å². The predicted octanol–water partition coefficient (Wildman–Crippen LogP) is 4.81. The third-order valence-electron chi connectivity index (χ3n) is 9.44. The molecule has 2 aromatic rings. The molecule has 7 nitrogen and oxygen atoms in total. The first-order chi connectivity index (χ1) is 18.1. The third-order valence-corrected chi connectivity index (χ3v) is 9.80. The van der Waals surface area contributed by atoms with E-state index in [1.807, 2.05) is 24.3 Å². The van der Waals surface area contributed by atoms with Crippen molar-refractivity contribution in [3.63, 3.8) is 0 Å². The fourth-order valence-electron chi connectivity index (χ4n) is 7.90. The summed E-state index contributed by atoms with van der Waals surface area (Å²) in [5, 5.41) is 24.8. The van der Waals surface area contributed by atoms with Crippen molar-refractivity contribution in [2.75, 3.05) is 36.8 Å². The fraction of sp³-hybridized carbons (Fsp3) is 0.621. The molecule has 5 aliphatic rings. The van der Waals surface area contributed by atoms with Gasteiger partial charge in [-0.2, -0.15) is 10.2 Å². The first-order valence-corrected chi connectivity index (χ1v) is 14.4. The summed E-state index contributed by atoms with van der Waals surface area (Å²) >= 11 is 6.30. The Morgan fingerprint density at radius 3 is 2.62 bits per heavy atom. The van der Waals surface area contributed by atoms with Crippen LogP contribution in [0.4, 0.5) is 11.8 Å². The number of hydrogen-bond donors (Lipinski definition) is 4. The number of hydrogen-bond acceptors (Lipinski definition) is 7. The summed E-state index contributed by atoms with van der Waals surface area (Å²) in [4.78, 5) is 9.04. The SMILES string of the molecule is N#Cc1cnc(NCc2ccccc2Cl)nc1NCC12CC3C[C@H](C1)C(NCC1CCNCC1)[C@@H](C3)C2. The zero-order valence-corrected chi connectivity index (χ0v) is 22.2. The number of rotatable bonds is 9. The number of anilines is 2. The molecule has 3 unspecified atom stereocenters. The van der Waals surface area contributed by atoms with Crippen molar-refractivity contribution in [2.24, 2.45) is 29.1 Å². The van der Waals surface area contributed by atoms with Crippen LogP contribution in [0.2, 0.25) is 5.02 Å². The molecule has 4 saturated carbocycles. The van der Waals surface area contributed by atoms with E-state index in [1.54, 1.807) is 6.20 Å². The standard InChI is InChI=1S/C29H38ClN7/c30-25-4-2-1-3-21(25)16-34-28-35-17-24(14-31)27(37-28)36-18-29-11-20-9-22(12-29)26(23(10-20)13-29)33-15-19-5-7-32-8-6-19/h1-4,17,19-20,22-23,26,32-33H,5-13,15-16,18H2,(H2,34,35,36,37)/t20?,22-,23+,26?,29?. The van der Waals surface area contributed by atoms with Gasteiger partial charge in [-0.05, 0) is 105 Å². The van der Waals surface area contributed by atoms with Gasteiger partial charge in [0.2, 0.25) is 5.95 Å². The van der Waals surface area contributed by atoms with E-state index in [4.69, 9.17) is 11.6 Å². The minimum Gasteiger partial charge on any atom is -0.368 e. The first-order valence-electron chi connectivity index (χ1n) is 14.0. The van der Waals surface area contributed by atoms with Crippen LogP contribution >= 0.6 is 11.6 Å². The maximum atomic E-state index is 9.70. The number of benzene rings is 1. The maximum Gasteiger partial charge on any atom is 0.224 e. The van der Waals surface area contributed by atoms with E-state index < -0.39 is 0 Å². The summed E-state index contributed by atoms with van der Waals surface area (Å²) in [5.74, 6) is 4.39. The molecule has 1 aromatic heterocycles. The Morgan fingerprint density at radius 2 is 1.86 bits per heavy atom. The van der Waals surface area contributed by atoms with E-state index in [-0.39, 0.29) is 0 Å². The number of nitriles is 1. The van der Waals surface area contributed by atoms with Gasteiger partial charge in [-0.3, -0.25) is 0 Å². The largest absolute Gasteiger partial charge is 0.368 e. The van der Waals surface area contributed by atoms with Crippen LogP contribution in [0.25, 0.3) is 0 Å². The van der Waals surface area contributed by atoms with Crippen LogP contribution in [0, 0.1) is 40.4 Å². The molecule has 196 valence electrons. The molecule has 4 N–H and O–H groups in total. The van der Waals surface area contributed by atoms with Crippen molar-refractivity contribution in [1.29, 1.82) is 5.26 Å². The lowest BCUT2D eigenvalue weighted by atomic mass is 9.48. The van der Waals surface area contributed by atoms with E-state index in [9.17, 15) is 5.26 Å². The highest BCUT2D eigenvalue weighted by molar-refractivity contribution is 6.31. The minimum atomic E-state index is 0.312. The van der Waals surface area contributed by atoms with E-state index in [1.165, 1.54) is 64.6 Å². The fourth-order valence-corrected chi connectivity index (χ4v) is 8.10. The summed E-state index contributed by atoms with van der Waals surface area (Å²) in [5.41, 5.74) is 1.80. The lowest BCUT2D eigenvalue weighted by molar-refractivity contribution is -0.0701. The molecule has 0 amide bonds. The molecule has 0 radical (unpaired) electrons. The average Bonchev–Trinajstić information content (AvgIpc) is 2.91. The van der Waals surface area contributed by atoms with Gasteiger partial charge < -0.3 is 21.3 Å². The number of piperidine rings is 1. The Labute approximate surface area is 225 Å². The number of nitrogens with one attached hydrogen (secondary N) is 4. The lowest BCUT2D eigenvalue weighted by Gasteiger charge is -2.60. The van der Waals surface area contributed by atoms with Crippen LogP contribution in [0.15, 0.2) is 30.5 Å². The van der Waals surface area contributed by atoms with Gasteiger partial charge in [-0.1, -0.05) is 29.8 Å². The van der Waals surface area contributed by atoms with Crippen LogP contribution in [0.5, 0.6) is 0 Å². The van der Waals surface area contributed by atoms with E-state index >= 15 is 0 Å². The van der Waals surface area contributed by atoms with Gasteiger partial charge in [-0.25, -0.2) is 4.98 Å². The van der Waals surface area contributed by atoms with Crippen LogP contribution in [0.3, 0.4) is 0 Å². The summed E-state index contributed by atoms with van der Waals surface area (Å²) in [6.45, 7) is 4.95. The minimum absolute atomic E-state index is 0.312. The van der Waals surface area contributed by atoms with Crippen molar-refractivity contribution in [2.45, 2.75) is 57.5 Å². The summed E-state index contributed by atoms with van der Waals surface area (Å²) < 4.78 is 0. The molecular weight excluding hydrogens is 482 g/mol. The number of nitrogens with zero attached hydrogens (tertiary/aromatic N) is 3. The van der Waals surface area contributed by atoms with Gasteiger partial charge in [0.15, 0.2) is 0 Å². The van der Waals surface area contributed by atoms with Gasteiger partial charge in [0.1, 0.15) is 17.5 Å². The number of aromatic nitrogens is 2. The molecule has 4 bridgehead atoms. The van der Waals surface area contributed by atoms with Gasteiger partial charge in [-0.15, -0.1) is 0 Å². The third kappa shape index (κ3) is 5.43. The van der Waals surface area contributed by atoms with Gasteiger partial charge in [0, 0.05) is 24.2 Å². The molecule has 0 spiro atoms. The maximum absolute atomic E-state index is 9.70. The molecular formula is C29H38ClN7. The molecule has 5 fully saturated rings. The van der Waals surface area contributed by atoms with Crippen molar-refractivity contribution < 1.29 is 0 Å². The molecule has 2 heterocycles. The topological polar surface area (TPSA) is 97.7 Å². The Kier molecular flexibility index (Phi) is 7.25. The summed E-state index contributed by atoms with van der Waals surface area (Å²) in [6, 6.07) is 10.7. The smallest absolute Gasteiger partial charge is 0.224 e. The number of halogens is 1. The summed E-state index contributed by atoms with van der Waals surface area (Å²) in [7, 11) is 0. The molecule has 1 saturated heterocycles. The molecule has 37 heavy (non-hydrogen) atoms. The van der Waals surface area contributed by atoms with Crippen LogP contribution in [-0.2, 0) is 6.54 Å². The van der Waals surface area contributed by atoms with Crippen molar-refractivity contribution in [3.05, 3.63) is 46.6 Å². The van der Waals surface area contributed by atoms with E-state index in [0.29, 0.717) is 40.4 Å². The second-order valence-electron chi connectivity index (χ2n) is 12.0. The van der Waals surface area contributed by atoms with Gasteiger partial charge in [0.25, 0.3) is 0 Å². The first kappa shape index (κ1) is 24.9. The highest BCUT2D eigenvalue weighted by Gasteiger charge is 2.55. The molecule has 8 heteroatoms. The highest BCUT2D eigenvalue weighted by atomic mass is 35.5. The van der Waals surface area contributed by atoms with Crippen LogP contribution < -0.4 is 21.3 Å². The van der Waals surface area contributed by atoms with Crippen molar-refractivity contribution in [1.82, 2.24) is 20.6 Å². The second-order valence-corrected chi connectivity index (χ2v) is 12.4. The molecule has 7 rings (SSSR count). The zero-order valence-electron chi connectivity index (χ0n) is 21.5. The Hall–Kier alpha value is -2.40. The quantitative estimate of drug-likeness (QED) is 0.377. The van der Waals surface area contributed by atoms with Crippen molar-refractivity contribution >= 4 is 23.4 Å². The Balaban J connectivity index is 1.09. The molecule has 1 aliphatic heterocycles. The van der Waals surface area contributed by atoms with Crippen LogP contribution in [0.1, 0.15) is 56.1 Å². The second kappa shape index (κ2) is 10.8. The van der Waals surface area contributed by atoms with E-state index in [0.717, 1.165) is 35.8 Å². The zero-order chi connectivity index (χ0) is 25.2. The van der Waals surface area contributed by atoms with E-state index in [2.05, 4.69) is 37.3 Å². The average molecular weight is 520 g/mol. The molecule has 5 atom stereocenters. The lowest BCUT2D eigenvalue weighted by Crippen LogP contribution is -2.60.